The third kappa shape index (κ3) is 2.65. The number of fused-ring (bicyclic) bond motifs is 1. The molecule has 3 aromatic rings. The molecule has 0 spiro atoms. The van der Waals surface area contributed by atoms with Crippen molar-refractivity contribution in [3.8, 4) is 11.3 Å². The first-order chi connectivity index (χ1) is 9.29. The van der Waals surface area contributed by atoms with Crippen molar-refractivity contribution in [2.24, 2.45) is 0 Å². The summed E-state index contributed by atoms with van der Waals surface area (Å²) < 4.78 is 13.5. The molecule has 0 fully saturated rings. The summed E-state index contributed by atoms with van der Waals surface area (Å²) in [5, 5.41) is 2.12. The first kappa shape index (κ1) is 14.8. The molecule has 0 unspecified atom stereocenters. The van der Waals surface area contributed by atoms with Gasteiger partial charge in [-0.3, -0.25) is 4.39 Å². The minimum atomic E-state index is -0.327. The molecule has 0 aliphatic heterocycles. The SMILES string of the molecule is [CH]Cc1[c-]c(-c2nccc3ccccc23)ccc1F.[Ir]. The summed E-state index contributed by atoms with van der Waals surface area (Å²) in [7, 11) is 0. The molecule has 0 aliphatic rings. The summed E-state index contributed by atoms with van der Waals surface area (Å²) in [4.78, 5) is 4.39. The van der Waals surface area contributed by atoms with Crippen LogP contribution >= 0.6 is 0 Å². The fourth-order valence-electron chi connectivity index (χ4n) is 2.14. The maximum atomic E-state index is 13.5. The molecule has 20 heavy (non-hydrogen) atoms. The predicted octanol–water partition coefficient (Wildman–Crippen LogP) is 4.09. The standard InChI is InChI=1S/C17H11FN.Ir/c1-2-12-11-14(7-8-16(12)18)17-15-6-4-3-5-13(15)9-10-19-17;/h1,3-10H,2H2;/q-1;. The van der Waals surface area contributed by atoms with Crippen LogP contribution < -0.4 is 0 Å². The van der Waals surface area contributed by atoms with Crippen LogP contribution in [0.4, 0.5) is 4.39 Å². The van der Waals surface area contributed by atoms with Gasteiger partial charge in [0.05, 0.1) is 0 Å². The van der Waals surface area contributed by atoms with E-state index in [1.165, 1.54) is 6.07 Å². The average Bonchev–Trinajstić information content (AvgIpc) is 2.47. The maximum Gasteiger partial charge on any atom is 0.0411 e. The summed E-state index contributed by atoms with van der Waals surface area (Å²) in [5.41, 5.74) is 1.94. The van der Waals surface area contributed by atoms with Crippen molar-refractivity contribution in [1.29, 1.82) is 0 Å². The van der Waals surface area contributed by atoms with Gasteiger partial charge in [0.25, 0.3) is 0 Å². The summed E-state index contributed by atoms with van der Waals surface area (Å²) in [6.07, 6.45) is 1.88. The smallest absolute Gasteiger partial charge is 0.0411 e. The van der Waals surface area contributed by atoms with Crippen LogP contribution in [0.3, 0.4) is 0 Å². The van der Waals surface area contributed by atoms with Crippen molar-refractivity contribution in [3.63, 3.8) is 0 Å². The molecule has 3 rings (SSSR count). The Balaban J connectivity index is 0.00000147. The van der Waals surface area contributed by atoms with Crippen LogP contribution in [-0.4, -0.2) is 4.98 Å². The van der Waals surface area contributed by atoms with Gasteiger partial charge in [-0.15, -0.1) is 23.8 Å². The van der Waals surface area contributed by atoms with E-state index in [2.05, 4.69) is 11.1 Å². The Hall–Kier alpha value is -1.57. The molecule has 0 saturated heterocycles. The van der Waals surface area contributed by atoms with Crippen LogP contribution in [0.1, 0.15) is 5.56 Å². The van der Waals surface area contributed by atoms with Crippen molar-refractivity contribution in [3.05, 3.63) is 73.0 Å². The predicted molar refractivity (Wildman–Crippen MR) is 74.0 cm³/mol. The maximum absolute atomic E-state index is 13.5. The Bertz CT molecular complexity index is 735. The number of rotatable bonds is 2. The molecule has 0 atom stereocenters. The number of pyridine rings is 1. The monoisotopic (exact) mass is 441 g/mol. The number of hydrogen-bond donors (Lipinski definition) is 0. The van der Waals surface area contributed by atoms with Gasteiger partial charge in [-0.1, -0.05) is 29.8 Å². The van der Waals surface area contributed by atoms with Crippen LogP contribution in [0.2, 0.25) is 0 Å². The fourth-order valence-corrected chi connectivity index (χ4v) is 2.14. The quantitative estimate of drug-likeness (QED) is 0.547. The molecule has 0 amide bonds. The van der Waals surface area contributed by atoms with Crippen LogP contribution in [0.5, 0.6) is 0 Å². The minimum absolute atomic E-state index is 0. The zero-order valence-electron chi connectivity index (χ0n) is 10.6. The van der Waals surface area contributed by atoms with E-state index < -0.39 is 0 Å². The van der Waals surface area contributed by atoms with Gasteiger partial charge in [-0.25, -0.2) is 0 Å². The Morgan fingerprint density at radius 3 is 2.70 bits per heavy atom. The topological polar surface area (TPSA) is 12.9 Å². The molecule has 1 heterocycles. The molecule has 101 valence electrons. The molecule has 1 aromatic heterocycles. The summed E-state index contributed by atoms with van der Waals surface area (Å²) in [6.45, 7) is 5.52. The molecule has 3 radical (unpaired) electrons. The Morgan fingerprint density at radius 2 is 1.90 bits per heavy atom. The summed E-state index contributed by atoms with van der Waals surface area (Å²) >= 11 is 0. The zero-order valence-corrected chi connectivity index (χ0v) is 13.0. The largest absolute Gasteiger partial charge is 0.304 e. The van der Waals surface area contributed by atoms with Crippen molar-refractivity contribution < 1.29 is 24.5 Å². The molecule has 0 saturated carbocycles. The molecule has 0 aliphatic carbocycles. The normalized spacial score (nSPS) is 10.3. The molecule has 0 N–H and O–H groups in total. The van der Waals surface area contributed by atoms with E-state index in [1.807, 2.05) is 30.3 Å². The first-order valence-electron chi connectivity index (χ1n) is 6.04. The van der Waals surface area contributed by atoms with Crippen LogP contribution in [-0.2, 0) is 26.5 Å². The molecule has 3 heteroatoms. The van der Waals surface area contributed by atoms with Gasteiger partial charge < -0.3 is 4.98 Å². The van der Waals surface area contributed by atoms with Crippen molar-refractivity contribution in [2.45, 2.75) is 6.42 Å². The third-order valence-corrected chi connectivity index (χ3v) is 3.10. The Morgan fingerprint density at radius 1 is 1.10 bits per heavy atom. The second kappa shape index (κ2) is 6.25. The molecular formula is C17H11FIrN-. The Labute approximate surface area is 131 Å². The average molecular weight is 440 g/mol. The minimum Gasteiger partial charge on any atom is -0.304 e. The molecule has 0 bridgehead atoms. The summed E-state index contributed by atoms with van der Waals surface area (Å²) in [6, 6.07) is 16.0. The third-order valence-electron chi connectivity index (χ3n) is 3.10. The van der Waals surface area contributed by atoms with Crippen LogP contribution in [0.25, 0.3) is 22.0 Å². The van der Waals surface area contributed by atoms with Crippen LogP contribution in [0, 0.1) is 18.8 Å². The molecule has 2 aromatic carbocycles. The zero-order chi connectivity index (χ0) is 13.2. The number of hydrogen-bond acceptors (Lipinski definition) is 1. The second-order valence-corrected chi connectivity index (χ2v) is 4.28. The molecular weight excluding hydrogens is 429 g/mol. The number of aromatic nitrogens is 1. The second-order valence-electron chi connectivity index (χ2n) is 4.28. The van der Waals surface area contributed by atoms with Gasteiger partial charge in [-0.05, 0) is 35.9 Å². The Kier molecular flexibility index (Phi) is 4.64. The van der Waals surface area contributed by atoms with Crippen molar-refractivity contribution in [2.75, 3.05) is 0 Å². The summed E-state index contributed by atoms with van der Waals surface area (Å²) in [5.74, 6) is -0.327. The van der Waals surface area contributed by atoms with Gasteiger partial charge in [0.2, 0.25) is 0 Å². The number of benzene rings is 2. The van der Waals surface area contributed by atoms with Gasteiger partial charge in [0.1, 0.15) is 0 Å². The van der Waals surface area contributed by atoms with Crippen molar-refractivity contribution in [1.82, 2.24) is 4.98 Å². The van der Waals surface area contributed by atoms with E-state index in [0.29, 0.717) is 5.56 Å². The van der Waals surface area contributed by atoms with Crippen molar-refractivity contribution >= 4 is 10.8 Å². The van der Waals surface area contributed by atoms with E-state index >= 15 is 0 Å². The van der Waals surface area contributed by atoms with E-state index in [9.17, 15) is 4.39 Å². The van der Waals surface area contributed by atoms with Gasteiger partial charge >= 0.3 is 0 Å². The first-order valence-corrected chi connectivity index (χ1v) is 6.04. The fraction of sp³-hybridized carbons (Fsp3) is 0.0588. The number of nitrogens with zero attached hydrogens (tertiary/aromatic N) is 1. The number of halogens is 1. The van der Waals surface area contributed by atoms with Gasteiger partial charge in [-0.2, -0.15) is 0 Å². The molecule has 1 nitrogen and oxygen atoms in total. The van der Waals surface area contributed by atoms with E-state index in [0.717, 1.165) is 22.0 Å². The van der Waals surface area contributed by atoms with Gasteiger partial charge in [0, 0.05) is 32.1 Å². The van der Waals surface area contributed by atoms with Crippen LogP contribution in [0.15, 0.2) is 48.7 Å². The van der Waals surface area contributed by atoms with E-state index in [-0.39, 0.29) is 32.3 Å². The van der Waals surface area contributed by atoms with E-state index in [4.69, 9.17) is 6.92 Å². The van der Waals surface area contributed by atoms with Gasteiger partial charge in [0.15, 0.2) is 0 Å². The van der Waals surface area contributed by atoms with E-state index in [1.54, 1.807) is 12.3 Å².